The first kappa shape index (κ1) is 11.2. The van der Waals surface area contributed by atoms with Gasteiger partial charge in [-0.05, 0) is 16.9 Å². The van der Waals surface area contributed by atoms with Crippen molar-refractivity contribution >= 4 is 22.1 Å². The van der Waals surface area contributed by atoms with E-state index in [-0.39, 0.29) is 11.7 Å². The number of carbonyl (C=O) groups excluding carboxylic acids is 1. The van der Waals surface area contributed by atoms with E-state index in [1.54, 1.807) is 0 Å². The normalized spacial score (nSPS) is 11.3. The van der Waals surface area contributed by atoms with E-state index in [0.29, 0.717) is 10.9 Å². The lowest BCUT2D eigenvalue weighted by Gasteiger charge is -2.09. The van der Waals surface area contributed by atoms with Crippen LogP contribution in [0.4, 0.5) is 5.00 Å². The molecule has 14 heavy (non-hydrogen) atoms. The van der Waals surface area contributed by atoms with Crippen LogP contribution in [0.2, 0.25) is 0 Å². The SMILES string of the molecule is CC(C)C(=O)c1c(C(C)C)csc1N. The van der Waals surface area contributed by atoms with E-state index in [1.165, 1.54) is 11.3 Å². The van der Waals surface area contributed by atoms with E-state index in [2.05, 4.69) is 13.8 Å². The Bertz CT molecular complexity index is 339. The molecule has 3 heteroatoms. The van der Waals surface area contributed by atoms with E-state index >= 15 is 0 Å². The molecular weight excluding hydrogens is 194 g/mol. The van der Waals surface area contributed by atoms with Gasteiger partial charge in [0.15, 0.2) is 5.78 Å². The third-order valence-corrected chi connectivity index (χ3v) is 3.07. The summed E-state index contributed by atoms with van der Waals surface area (Å²) in [6.45, 7) is 7.98. The third kappa shape index (κ3) is 1.98. The number of carbonyl (C=O) groups is 1. The predicted molar refractivity (Wildman–Crippen MR) is 62.0 cm³/mol. The average molecular weight is 211 g/mol. The number of anilines is 1. The van der Waals surface area contributed by atoms with Crippen LogP contribution in [0.15, 0.2) is 5.38 Å². The summed E-state index contributed by atoms with van der Waals surface area (Å²) in [5.74, 6) is 0.540. The van der Waals surface area contributed by atoms with E-state index in [0.717, 1.165) is 11.1 Å². The maximum absolute atomic E-state index is 11.9. The van der Waals surface area contributed by atoms with E-state index < -0.39 is 0 Å². The monoisotopic (exact) mass is 211 g/mol. The molecule has 0 amide bonds. The zero-order chi connectivity index (χ0) is 10.9. The molecule has 1 aromatic heterocycles. The van der Waals surface area contributed by atoms with Crippen LogP contribution in [0.5, 0.6) is 0 Å². The Hall–Kier alpha value is -0.830. The largest absolute Gasteiger partial charge is 0.390 e. The van der Waals surface area contributed by atoms with Gasteiger partial charge >= 0.3 is 0 Å². The van der Waals surface area contributed by atoms with Gasteiger partial charge < -0.3 is 5.73 Å². The lowest BCUT2D eigenvalue weighted by molar-refractivity contribution is 0.0939. The number of rotatable bonds is 3. The second-order valence-corrected chi connectivity index (χ2v) is 5.02. The van der Waals surface area contributed by atoms with Crippen molar-refractivity contribution in [2.75, 3.05) is 5.73 Å². The molecule has 1 aromatic rings. The second-order valence-electron chi connectivity index (χ2n) is 4.10. The van der Waals surface area contributed by atoms with Crippen molar-refractivity contribution < 1.29 is 4.79 Å². The molecular formula is C11H17NOS. The molecule has 0 saturated carbocycles. The number of nitrogen functional groups attached to an aromatic ring is 1. The lowest BCUT2D eigenvalue weighted by atomic mass is 9.94. The van der Waals surface area contributed by atoms with Gasteiger partial charge in [-0.1, -0.05) is 27.7 Å². The summed E-state index contributed by atoms with van der Waals surface area (Å²) < 4.78 is 0. The van der Waals surface area contributed by atoms with Gasteiger partial charge in [0.25, 0.3) is 0 Å². The lowest BCUT2D eigenvalue weighted by Crippen LogP contribution is -2.11. The average Bonchev–Trinajstić information content (AvgIpc) is 2.45. The van der Waals surface area contributed by atoms with Crippen molar-refractivity contribution in [2.45, 2.75) is 33.6 Å². The molecule has 78 valence electrons. The second kappa shape index (κ2) is 4.13. The number of Topliss-reactive ketones (excluding diaryl/α,β-unsaturated/α-hetero) is 1. The fourth-order valence-corrected chi connectivity index (χ4v) is 2.34. The number of hydrogen-bond donors (Lipinski definition) is 1. The molecule has 1 heterocycles. The zero-order valence-corrected chi connectivity index (χ0v) is 9.94. The molecule has 0 aliphatic heterocycles. The molecule has 1 rings (SSSR count). The van der Waals surface area contributed by atoms with Crippen LogP contribution in [-0.4, -0.2) is 5.78 Å². The third-order valence-electron chi connectivity index (χ3n) is 2.24. The first-order valence-corrected chi connectivity index (χ1v) is 5.74. The molecule has 0 spiro atoms. The maximum Gasteiger partial charge on any atom is 0.168 e. The van der Waals surface area contributed by atoms with Crippen LogP contribution in [0.25, 0.3) is 0 Å². The summed E-state index contributed by atoms with van der Waals surface area (Å²) in [5, 5.41) is 2.66. The number of ketones is 1. The van der Waals surface area contributed by atoms with Crippen LogP contribution >= 0.6 is 11.3 Å². The Labute approximate surface area is 89.1 Å². The summed E-state index contributed by atoms with van der Waals surface area (Å²) in [4.78, 5) is 11.9. The van der Waals surface area contributed by atoms with Crippen LogP contribution in [0.1, 0.15) is 49.5 Å². The van der Waals surface area contributed by atoms with Crippen LogP contribution in [-0.2, 0) is 0 Å². The Morgan fingerprint density at radius 2 is 1.93 bits per heavy atom. The smallest absolute Gasteiger partial charge is 0.168 e. The Morgan fingerprint density at radius 1 is 1.36 bits per heavy atom. The van der Waals surface area contributed by atoms with E-state index in [9.17, 15) is 4.79 Å². The highest BCUT2D eigenvalue weighted by molar-refractivity contribution is 7.14. The minimum Gasteiger partial charge on any atom is -0.390 e. The van der Waals surface area contributed by atoms with Gasteiger partial charge in [-0.15, -0.1) is 11.3 Å². The summed E-state index contributed by atoms with van der Waals surface area (Å²) in [6.07, 6.45) is 0. The maximum atomic E-state index is 11.9. The topological polar surface area (TPSA) is 43.1 Å². The van der Waals surface area contributed by atoms with Gasteiger partial charge in [0.05, 0.1) is 10.6 Å². The van der Waals surface area contributed by atoms with Crippen molar-refractivity contribution in [1.82, 2.24) is 0 Å². The Morgan fingerprint density at radius 3 is 2.36 bits per heavy atom. The van der Waals surface area contributed by atoms with Crippen molar-refractivity contribution in [3.05, 3.63) is 16.5 Å². The van der Waals surface area contributed by atoms with E-state index in [4.69, 9.17) is 5.73 Å². The van der Waals surface area contributed by atoms with Crippen LogP contribution < -0.4 is 5.73 Å². The van der Waals surface area contributed by atoms with Crippen molar-refractivity contribution in [3.63, 3.8) is 0 Å². The van der Waals surface area contributed by atoms with Gasteiger partial charge in [0, 0.05) is 5.92 Å². The van der Waals surface area contributed by atoms with Gasteiger partial charge in [0.1, 0.15) is 0 Å². The van der Waals surface area contributed by atoms with Gasteiger partial charge in [0.2, 0.25) is 0 Å². The molecule has 0 aromatic carbocycles. The van der Waals surface area contributed by atoms with Crippen LogP contribution in [0.3, 0.4) is 0 Å². The summed E-state index contributed by atoms with van der Waals surface area (Å²) in [5.41, 5.74) is 7.65. The highest BCUT2D eigenvalue weighted by Crippen LogP contribution is 2.32. The number of hydrogen-bond acceptors (Lipinski definition) is 3. The zero-order valence-electron chi connectivity index (χ0n) is 9.13. The first-order chi connectivity index (χ1) is 6.45. The van der Waals surface area contributed by atoms with Crippen molar-refractivity contribution in [2.24, 2.45) is 5.92 Å². The van der Waals surface area contributed by atoms with E-state index in [1.807, 2.05) is 19.2 Å². The summed E-state index contributed by atoms with van der Waals surface area (Å²) in [7, 11) is 0. The standard InChI is InChI=1S/C11H17NOS/c1-6(2)8-5-14-11(12)9(8)10(13)7(3)4/h5-7H,12H2,1-4H3. The molecule has 0 bridgehead atoms. The molecule has 0 aliphatic carbocycles. The molecule has 2 nitrogen and oxygen atoms in total. The quantitative estimate of drug-likeness (QED) is 0.779. The minimum atomic E-state index is 0.0180. The van der Waals surface area contributed by atoms with Crippen LogP contribution in [0, 0.1) is 5.92 Å². The van der Waals surface area contributed by atoms with Crippen molar-refractivity contribution in [1.29, 1.82) is 0 Å². The van der Waals surface area contributed by atoms with Gasteiger partial charge in [-0.3, -0.25) is 4.79 Å². The van der Waals surface area contributed by atoms with Gasteiger partial charge in [-0.2, -0.15) is 0 Å². The Kier molecular flexibility index (Phi) is 3.32. The fraction of sp³-hybridized carbons (Fsp3) is 0.545. The highest BCUT2D eigenvalue weighted by atomic mass is 32.1. The molecule has 0 saturated heterocycles. The Balaban J connectivity index is 3.17. The molecule has 0 unspecified atom stereocenters. The molecule has 0 aliphatic rings. The highest BCUT2D eigenvalue weighted by Gasteiger charge is 2.21. The predicted octanol–water partition coefficient (Wildman–Crippen LogP) is 3.29. The summed E-state index contributed by atoms with van der Waals surface area (Å²) in [6, 6.07) is 0. The minimum absolute atomic E-state index is 0.0180. The fourth-order valence-electron chi connectivity index (χ4n) is 1.36. The number of nitrogens with two attached hydrogens (primary N) is 1. The molecule has 0 atom stereocenters. The molecule has 2 N–H and O–H groups in total. The molecule has 0 fully saturated rings. The molecule has 0 radical (unpaired) electrons. The first-order valence-electron chi connectivity index (χ1n) is 4.86. The number of thiophene rings is 1. The van der Waals surface area contributed by atoms with Crippen molar-refractivity contribution in [3.8, 4) is 0 Å². The van der Waals surface area contributed by atoms with Gasteiger partial charge in [-0.25, -0.2) is 0 Å². The summed E-state index contributed by atoms with van der Waals surface area (Å²) >= 11 is 1.46.